The largest absolute Gasteiger partial charge is 0.494 e. The fraction of sp³-hybridized carbons (Fsp3) is 0.500. The SMILES string of the molecule is CC(C)CCOc1ccc(NC(=O)CCN)cc1. The maximum absolute atomic E-state index is 11.3. The van der Waals surface area contributed by atoms with Crippen LogP contribution < -0.4 is 15.8 Å². The number of anilines is 1. The number of hydrogen-bond acceptors (Lipinski definition) is 3. The summed E-state index contributed by atoms with van der Waals surface area (Å²) in [5.74, 6) is 1.40. The Hall–Kier alpha value is -1.55. The lowest BCUT2D eigenvalue weighted by Crippen LogP contribution is -2.16. The Morgan fingerprint density at radius 1 is 1.33 bits per heavy atom. The lowest BCUT2D eigenvalue weighted by Gasteiger charge is -2.09. The van der Waals surface area contributed by atoms with Crippen LogP contribution in [0.15, 0.2) is 24.3 Å². The first kappa shape index (κ1) is 14.5. The molecule has 4 nitrogen and oxygen atoms in total. The molecule has 1 amide bonds. The number of carbonyl (C=O) groups is 1. The van der Waals surface area contributed by atoms with Crippen molar-refractivity contribution in [1.82, 2.24) is 0 Å². The third-order valence-corrected chi connectivity index (χ3v) is 2.47. The fourth-order valence-electron chi connectivity index (χ4n) is 1.40. The average Bonchev–Trinajstić information content (AvgIpc) is 2.31. The predicted molar refractivity (Wildman–Crippen MR) is 73.7 cm³/mol. The van der Waals surface area contributed by atoms with E-state index in [1.165, 1.54) is 0 Å². The van der Waals surface area contributed by atoms with Gasteiger partial charge in [0.1, 0.15) is 5.75 Å². The molecule has 0 aliphatic heterocycles. The molecule has 0 bridgehead atoms. The number of amides is 1. The highest BCUT2D eigenvalue weighted by molar-refractivity contribution is 5.90. The van der Waals surface area contributed by atoms with E-state index in [2.05, 4.69) is 19.2 Å². The van der Waals surface area contributed by atoms with E-state index >= 15 is 0 Å². The first-order chi connectivity index (χ1) is 8.61. The minimum Gasteiger partial charge on any atom is -0.494 e. The van der Waals surface area contributed by atoms with Crippen molar-refractivity contribution in [2.45, 2.75) is 26.7 Å². The van der Waals surface area contributed by atoms with Crippen LogP contribution in [-0.2, 0) is 4.79 Å². The van der Waals surface area contributed by atoms with Gasteiger partial charge < -0.3 is 15.8 Å². The van der Waals surface area contributed by atoms with Crippen molar-refractivity contribution in [2.24, 2.45) is 11.7 Å². The van der Waals surface area contributed by atoms with Crippen LogP contribution in [0, 0.1) is 5.92 Å². The molecule has 18 heavy (non-hydrogen) atoms. The fourth-order valence-corrected chi connectivity index (χ4v) is 1.40. The maximum atomic E-state index is 11.3. The second-order valence-electron chi connectivity index (χ2n) is 4.64. The highest BCUT2D eigenvalue weighted by Crippen LogP contribution is 2.16. The molecule has 3 N–H and O–H groups in total. The topological polar surface area (TPSA) is 64.3 Å². The molecule has 0 heterocycles. The summed E-state index contributed by atoms with van der Waals surface area (Å²) in [6.45, 7) is 5.41. The lowest BCUT2D eigenvalue weighted by atomic mass is 10.1. The number of benzene rings is 1. The Morgan fingerprint density at radius 2 is 2.00 bits per heavy atom. The molecular formula is C14H22N2O2. The second kappa shape index (κ2) is 7.71. The third-order valence-electron chi connectivity index (χ3n) is 2.47. The summed E-state index contributed by atoms with van der Waals surface area (Å²) in [7, 11) is 0. The van der Waals surface area contributed by atoms with E-state index in [-0.39, 0.29) is 5.91 Å². The Labute approximate surface area is 109 Å². The van der Waals surface area contributed by atoms with Gasteiger partial charge in [-0.05, 0) is 36.6 Å². The Bertz CT molecular complexity index is 361. The van der Waals surface area contributed by atoms with Gasteiger partial charge in [-0.15, -0.1) is 0 Å². The van der Waals surface area contributed by atoms with Gasteiger partial charge in [0.05, 0.1) is 6.61 Å². The van der Waals surface area contributed by atoms with Gasteiger partial charge in [0, 0.05) is 18.7 Å². The monoisotopic (exact) mass is 250 g/mol. The molecule has 0 atom stereocenters. The van der Waals surface area contributed by atoms with Crippen LogP contribution in [0.1, 0.15) is 26.7 Å². The highest BCUT2D eigenvalue weighted by Gasteiger charge is 2.01. The van der Waals surface area contributed by atoms with E-state index in [9.17, 15) is 4.79 Å². The molecule has 0 radical (unpaired) electrons. The third kappa shape index (κ3) is 5.68. The number of nitrogens with two attached hydrogens (primary N) is 1. The normalized spacial score (nSPS) is 10.4. The predicted octanol–water partition coefficient (Wildman–Crippen LogP) is 2.40. The van der Waals surface area contributed by atoms with E-state index in [4.69, 9.17) is 10.5 Å². The van der Waals surface area contributed by atoms with Crippen LogP contribution in [0.3, 0.4) is 0 Å². The first-order valence-electron chi connectivity index (χ1n) is 6.34. The molecule has 0 aromatic heterocycles. The van der Waals surface area contributed by atoms with Crippen molar-refractivity contribution in [3.8, 4) is 5.75 Å². The van der Waals surface area contributed by atoms with Gasteiger partial charge >= 0.3 is 0 Å². The molecule has 0 fully saturated rings. The van der Waals surface area contributed by atoms with Gasteiger partial charge in [0.2, 0.25) is 5.91 Å². The number of rotatable bonds is 7. The smallest absolute Gasteiger partial charge is 0.225 e. The molecular weight excluding hydrogens is 228 g/mol. The molecule has 1 aromatic rings. The Balaban J connectivity index is 2.40. The van der Waals surface area contributed by atoms with Gasteiger partial charge in [-0.25, -0.2) is 0 Å². The summed E-state index contributed by atoms with van der Waals surface area (Å²) in [5, 5.41) is 2.77. The maximum Gasteiger partial charge on any atom is 0.225 e. The van der Waals surface area contributed by atoms with Crippen molar-refractivity contribution in [3.05, 3.63) is 24.3 Å². The zero-order chi connectivity index (χ0) is 13.4. The van der Waals surface area contributed by atoms with E-state index < -0.39 is 0 Å². The molecule has 1 rings (SSSR count). The van der Waals surface area contributed by atoms with Gasteiger partial charge in [-0.1, -0.05) is 13.8 Å². The number of hydrogen-bond donors (Lipinski definition) is 2. The number of ether oxygens (including phenoxy) is 1. The number of carbonyl (C=O) groups excluding carboxylic acids is 1. The van der Waals surface area contributed by atoms with Gasteiger partial charge in [0.15, 0.2) is 0 Å². The molecule has 0 spiro atoms. The first-order valence-corrected chi connectivity index (χ1v) is 6.34. The summed E-state index contributed by atoms with van der Waals surface area (Å²) in [5.41, 5.74) is 6.07. The molecule has 1 aromatic carbocycles. The molecule has 0 saturated heterocycles. The van der Waals surface area contributed by atoms with Crippen molar-refractivity contribution >= 4 is 11.6 Å². The zero-order valence-electron chi connectivity index (χ0n) is 11.1. The van der Waals surface area contributed by atoms with Gasteiger partial charge in [0.25, 0.3) is 0 Å². The lowest BCUT2D eigenvalue weighted by molar-refractivity contribution is -0.116. The van der Waals surface area contributed by atoms with E-state index in [1.54, 1.807) is 0 Å². The highest BCUT2D eigenvalue weighted by atomic mass is 16.5. The minimum atomic E-state index is -0.0639. The molecule has 100 valence electrons. The van der Waals surface area contributed by atoms with Crippen LogP contribution in [0.2, 0.25) is 0 Å². The molecule has 4 heteroatoms. The van der Waals surface area contributed by atoms with Crippen LogP contribution in [-0.4, -0.2) is 19.1 Å². The van der Waals surface area contributed by atoms with Crippen molar-refractivity contribution < 1.29 is 9.53 Å². The van der Waals surface area contributed by atoms with Gasteiger partial charge in [-0.3, -0.25) is 4.79 Å². The van der Waals surface area contributed by atoms with E-state index in [0.717, 1.165) is 24.5 Å². The molecule has 0 unspecified atom stereocenters. The molecule has 0 aliphatic carbocycles. The Morgan fingerprint density at radius 3 is 2.56 bits per heavy atom. The summed E-state index contributed by atoms with van der Waals surface area (Å²) >= 11 is 0. The van der Waals surface area contributed by atoms with Crippen LogP contribution in [0.4, 0.5) is 5.69 Å². The summed E-state index contributed by atoms with van der Waals surface area (Å²) in [6, 6.07) is 7.38. The van der Waals surface area contributed by atoms with Crippen LogP contribution in [0.25, 0.3) is 0 Å². The van der Waals surface area contributed by atoms with E-state index in [0.29, 0.717) is 18.9 Å². The van der Waals surface area contributed by atoms with Crippen LogP contribution >= 0.6 is 0 Å². The quantitative estimate of drug-likeness (QED) is 0.781. The number of nitrogens with one attached hydrogen (secondary N) is 1. The molecule has 0 saturated carbocycles. The van der Waals surface area contributed by atoms with E-state index in [1.807, 2.05) is 24.3 Å². The van der Waals surface area contributed by atoms with Crippen molar-refractivity contribution in [1.29, 1.82) is 0 Å². The summed E-state index contributed by atoms with van der Waals surface area (Å²) in [4.78, 5) is 11.3. The van der Waals surface area contributed by atoms with Gasteiger partial charge in [-0.2, -0.15) is 0 Å². The van der Waals surface area contributed by atoms with Crippen LogP contribution in [0.5, 0.6) is 5.75 Å². The molecule has 0 aliphatic rings. The summed E-state index contributed by atoms with van der Waals surface area (Å²) in [6.07, 6.45) is 1.38. The summed E-state index contributed by atoms with van der Waals surface area (Å²) < 4.78 is 5.59. The average molecular weight is 250 g/mol. The second-order valence-corrected chi connectivity index (χ2v) is 4.64. The Kier molecular flexibility index (Phi) is 6.22. The minimum absolute atomic E-state index is 0.0639. The van der Waals surface area contributed by atoms with Crippen molar-refractivity contribution in [3.63, 3.8) is 0 Å². The standard InChI is InChI=1S/C14H22N2O2/c1-11(2)8-10-18-13-5-3-12(4-6-13)16-14(17)7-9-15/h3-6,11H,7-10,15H2,1-2H3,(H,16,17). The zero-order valence-corrected chi connectivity index (χ0v) is 11.1. The van der Waals surface area contributed by atoms with Crippen molar-refractivity contribution in [2.75, 3.05) is 18.5 Å².